The van der Waals surface area contributed by atoms with Crippen LogP contribution in [-0.4, -0.2) is 16.0 Å². The third-order valence-electron chi connectivity index (χ3n) is 2.85. The van der Waals surface area contributed by atoms with Gasteiger partial charge in [-0.2, -0.15) is 10.2 Å². The number of nitrogens with zero attached hydrogens (tertiary/aromatic N) is 2. The second-order valence-electron chi connectivity index (χ2n) is 4.25. The first-order valence-corrected chi connectivity index (χ1v) is 7.14. The molecule has 0 saturated carbocycles. The van der Waals surface area contributed by atoms with E-state index in [1.165, 1.54) is 6.07 Å². The Morgan fingerprint density at radius 3 is 2.70 bits per heavy atom. The van der Waals surface area contributed by atoms with Crippen LogP contribution in [0, 0.1) is 12.7 Å². The van der Waals surface area contributed by atoms with Gasteiger partial charge in [-0.25, -0.2) is 4.39 Å². The molecule has 3 nitrogen and oxygen atoms in total. The van der Waals surface area contributed by atoms with E-state index in [1.807, 2.05) is 6.92 Å². The molecule has 0 fully saturated rings. The lowest BCUT2D eigenvalue weighted by atomic mass is 10.0. The Morgan fingerprint density at radius 2 is 2.05 bits per heavy atom. The topological polar surface area (TPSA) is 42.9 Å². The van der Waals surface area contributed by atoms with Crippen LogP contribution in [0.5, 0.6) is 0 Å². The van der Waals surface area contributed by atoms with Gasteiger partial charge < -0.3 is 0 Å². The van der Waals surface area contributed by atoms with Gasteiger partial charge in [0.2, 0.25) is 0 Å². The zero-order valence-electron chi connectivity index (χ0n) is 10.9. The number of rotatable bonds is 3. The van der Waals surface area contributed by atoms with Crippen molar-refractivity contribution in [3.8, 4) is 0 Å². The van der Waals surface area contributed by atoms with Crippen LogP contribution < -0.4 is 0 Å². The Kier molecular flexibility index (Phi) is 4.50. The smallest absolute Gasteiger partial charge is 0.197 e. The van der Waals surface area contributed by atoms with Crippen molar-refractivity contribution in [2.24, 2.45) is 0 Å². The van der Waals surface area contributed by atoms with Gasteiger partial charge in [0.1, 0.15) is 0 Å². The van der Waals surface area contributed by atoms with Gasteiger partial charge in [0.05, 0.1) is 22.0 Å². The molecule has 0 N–H and O–H groups in total. The maximum Gasteiger partial charge on any atom is 0.197 e. The summed E-state index contributed by atoms with van der Waals surface area (Å²) in [6, 6.07) is 4.57. The molecule has 1 aromatic heterocycles. The number of carbonyl (C=O) groups excluding carboxylic acids is 1. The first-order valence-electron chi connectivity index (χ1n) is 5.97. The van der Waals surface area contributed by atoms with Crippen molar-refractivity contribution in [3.63, 3.8) is 0 Å². The van der Waals surface area contributed by atoms with Crippen molar-refractivity contribution >= 4 is 33.3 Å². The number of hydrogen-bond acceptors (Lipinski definition) is 3. The fraction of sp³-hybridized carbons (Fsp3) is 0.214. The highest BCUT2D eigenvalue weighted by molar-refractivity contribution is 9.10. The Hall–Kier alpha value is -1.33. The minimum atomic E-state index is -0.734. The van der Waals surface area contributed by atoms with Crippen LogP contribution in [0.4, 0.5) is 4.39 Å². The molecular formula is C14H11BrClFN2O. The minimum absolute atomic E-state index is 0.0692. The predicted molar refractivity (Wildman–Crippen MR) is 78.7 cm³/mol. The molecule has 0 amide bonds. The Morgan fingerprint density at radius 1 is 1.35 bits per heavy atom. The quantitative estimate of drug-likeness (QED) is 0.612. The molecule has 104 valence electrons. The molecule has 20 heavy (non-hydrogen) atoms. The van der Waals surface area contributed by atoms with Gasteiger partial charge in [0.15, 0.2) is 11.6 Å². The van der Waals surface area contributed by atoms with Gasteiger partial charge in [-0.3, -0.25) is 4.79 Å². The maximum atomic E-state index is 14.1. The molecule has 2 aromatic rings. The van der Waals surface area contributed by atoms with E-state index in [0.717, 1.165) is 0 Å². The third kappa shape index (κ3) is 2.74. The summed E-state index contributed by atoms with van der Waals surface area (Å²) in [7, 11) is 0. The van der Waals surface area contributed by atoms with E-state index in [1.54, 1.807) is 19.1 Å². The van der Waals surface area contributed by atoms with Crippen LogP contribution in [0.2, 0.25) is 5.02 Å². The Balaban J connectivity index is 2.57. The average molecular weight is 358 g/mol. The number of benzene rings is 1. The lowest BCUT2D eigenvalue weighted by Crippen LogP contribution is -2.11. The number of hydrogen-bond donors (Lipinski definition) is 0. The van der Waals surface area contributed by atoms with Crippen LogP contribution in [0.1, 0.15) is 34.2 Å². The number of carbonyl (C=O) groups is 1. The molecule has 0 unspecified atom stereocenters. The molecular weight excluding hydrogens is 347 g/mol. The summed E-state index contributed by atoms with van der Waals surface area (Å²) in [5.74, 6) is -1.17. The fourth-order valence-corrected chi connectivity index (χ4v) is 2.29. The van der Waals surface area contributed by atoms with Crippen molar-refractivity contribution < 1.29 is 9.18 Å². The van der Waals surface area contributed by atoms with E-state index < -0.39 is 11.6 Å². The van der Waals surface area contributed by atoms with Crippen molar-refractivity contribution in [1.82, 2.24) is 10.2 Å². The summed E-state index contributed by atoms with van der Waals surface area (Å²) in [6.07, 6.45) is 0.542. The van der Waals surface area contributed by atoms with Crippen LogP contribution in [-0.2, 0) is 6.42 Å². The number of ketones is 1. The summed E-state index contributed by atoms with van der Waals surface area (Å²) < 4.78 is 14.5. The molecule has 1 aromatic carbocycles. The summed E-state index contributed by atoms with van der Waals surface area (Å²) in [4.78, 5) is 12.5. The van der Waals surface area contributed by atoms with E-state index in [4.69, 9.17) is 11.6 Å². The molecule has 6 heteroatoms. The highest BCUT2D eigenvalue weighted by Crippen LogP contribution is 2.29. The molecule has 0 radical (unpaired) electrons. The molecule has 0 atom stereocenters. The van der Waals surface area contributed by atoms with Gasteiger partial charge in [0.25, 0.3) is 0 Å². The van der Waals surface area contributed by atoms with Crippen molar-refractivity contribution in [1.29, 1.82) is 0 Å². The second kappa shape index (κ2) is 5.97. The van der Waals surface area contributed by atoms with Crippen LogP contribution in [0.15, 0.2) is 22.7 Å². The van der Waals surface area contributed by atoms with Crippen LogP contribution >= 0.6 is 27.5 Å². The van der Waals surface area contributed by atoms with Gasteiger partial charge >= 0.3 is 0 Å². The predicted octanol–water partition coefficient (Wildman–Crippen LogP) is 4.13. The molecule has 0 saturated heterocycles. The van der Waals surface area contributed by atoms with Crippen molar-refractivity contribution in [3.05, 3.63) is 56.0 Å². The lowest BCUT2D eigenvalue weighted by molar-refractivity contribution is 0.103. The Bertz CT molecular complexity index is 691. The zero-order chi connectivity index (χ0) is 14.9. The van der Waals surface area contributed by atoms with Gasteiger partial charge in [-0.1, -0.05) is 18.5 Å². The molecule has 0 aliphatic heterocycles. The van der Waals surface area contributed by atoms with E-state index in [-0.39, 0.29) is 10.6 Å². The molecule has 0 aliphatic rings. The summed E-state index contributed by atoms with van der Waals surface area (Å²) in [5.41, 5.74) is 1.44. The van der Waals surface area contributed by atoms with E-state index in [0.29, 0.717) is 27.8 Å². The van der Waals surface area contributed by atoms with E-state index in [2.05, 4.69) is 26.1 Å². The van der Waals surface area contributed by atoms with Crippen LogP contribution in [0.25, 0.3) is 0 Å². The van der Waals surface area contributed by atoms with Crippen molar-refractivity contribution in [2.75, 3.05) is 0 Å². The van der Waals surface area contributed by atoms with Gasteiger partial charge in [0, 0.05) is 10.0 Å². The number of aryl methyl sites for hydroxylation is 2. The molecule has 0 aliphatic carbocycles. The molecule has 2 rings (SSSR count). The van der Waals surface area contributed by atoms with Gasteiger partial charge in [-0.05, 0) is 47.5 Å². The standard InChI is InChI=1S/C14H11BrClFN2O/c1-3-11-9(6-7(2)18-19-11)14(20)8-4-5-10(15)12(16)13(8)17/h4-6H,3H2,1-2H3. The summed E-state index contributed by atoms with van der Waals surface area (Å²) >= 11 is 8.94. The largest absolute Gasteiger partial charge is 0.288 e. The average Bonchev–Trinajstić information content (AvgIpc) is 2.44. The molecule has 0 spiro atoms. The SMILES string of the molecule is CCc1nnc(C)cc1C(=O)c1ccc(Br)c(Cl)c1F. The summed E-state index contributed by atoms with van der Waals surface area (Å²) in [5, 5.41) is 7.78. The normalized spacial score (nSPS) is 10.7. The highest BCUT2D eigenvalue weighted by atomic mass is 79.9. The fourth-order valence-electron chi connectivity index (χ4n) is 1.82. The van der Waals surface area contributed by atoms with Crippen LogP contribution in [0.3, 0.4) is 0 Å². The Labute approximate surface area is 129 Å². The second-order valence-corrected chi connectivity index (χ2v) is 5.48. The highest BCUT2D eigenvalue weighted by Gasteiger charge is 2.21. The first kappa shape index (κ1) is 15.1. The lowest BCUT2D eigenvalue weighted by Gasteiger charge is -2.08. The zero-order valence-corrected chi connectivity index (χ0v) is 13.2. The van der Waals surface area contributed by atoms with Gasteiger partial charge in [-0.15, -0.1) is 0 Å². The minimum Gasteiger partial charge on any atom is -0.288 e. The third-order valence-corrected chi connectivity index (χ3v) is 4.11. The molecule has 0 bridgehead atoms. The van der Waals surface area contributed by atoms with E-state index in [9.17, 15) is 9.18 Å². The monoisotopic (exact) mass is 356 g/mol. The number of halogens is 3. The molecule has 1 heterocycles. The van der Waals surface area contributed by atoms with E-state index >= 15 is 0 Å². The first-order chi connectivity index (χ1) is 9.45. The maximum absolute atomic E-state index is 14.1. The van der Waals surface area contributed by atoms with Crippen molar-refractivity contribution in [2.45, 2.75) is 20.3 Å². The summed E-state index contributed by atoms with van der Waals surface area (Å²) in [6.45, 7) is 3.59. The number of aromatic nitrogens is 2.